The SMILES string of the molecule is Cc1cccc(-c2ccn(O)n2)n1. The molecule has 1 N–H and O–H groups in total. The minimum atomic E-state index is 0.672. The predicted octanol–water partition coefficient (Wildman–Crippen LogP) is 1.49. The second kappa shape index (κ2) is 2.90. The van der Waals surface area contributed by atoms with Gasteiger partial charge in [0.15, 0.2) is 0 Å². The first kappa shape index (κ1) is 7.79. The number of nitrogens with zero attached hydrogens (tertiary/aromatic N) is 3. The Morgan fingerprint density at radius 1 is 1.23 bits per heavy atom. The van der Waals surface area contributed by atoms with Gasteiger partial charge in [-0.15, -0.1) is 9.94 Å². The molecule has 0 amide bonds. The maximum Gasteiger partial charge on any atom is 0.114 e. The summed E-state index contributed by atoms with van der Waals surface area (Å²) in [5.74, 6) is 0. The van der Waals surface area contributed by atoms with Crippen molar-refractivity contribution in [2.45, 2.75) is 6.92 Å². The van der Waals surface area contributed by atoms with Crippen LogP contribution in [0.3, 0.4) is 0 Å². The lowest BCUT2D eigenvalue weighted by atomic mass is 10.2. The van der Waals surface area contributed by atoms with Gasteiger partial charge in [0, 0.05) is 5.69 Å². The zero-order chi connectivity index (χ0) is 9.26. The van der Waals surface area contributed by atoms with Gasteiger partial charge in [-0.3, -0.25) is 4.98 Å². The van der Waals surface area contributed by atoms with Gasteiger partial charge in [-0.1, -0.05) is 6.07 Å². The summed E-state index contributed by atoms with van der Waals surface area (Å²) in [4.78, 5) is 5.05. The average Bonchev–Trinajstić information content (AvgIpc) is 2.52. The smallest absolute Gasteiger partial charge is 0.114 e. The molecule has 0 spiro atoms. The normalized spacial score (nSPS) is 10.2. The van der Waals surface area contributed by atoms with Gasteiger partial charge in [-0.05, 0) is 25.1 Å². The third kappa shape index (κ3) is 1.51. The Morgan fingerprint density at radius 2 is 2.08 bits per heavy atom. The minimum Gasteiger partial charge on any atom is -0.412 e. The Morgan fingerprint density at radius 3 is 2.69 bits per heavy atom. The van der Waals surface area contributed by atoms with Gasteiger partial charge in [0.25, 0.3) is 0 Å². The fraction of sp³-hybridized carbons (Fsp3) is 0.111. The highest BCUT2D eigenvalue weighted by atomic mass is 16.5. The van der Waals surface area contributed by atoms with Crippen LogP contribution in [-0.4, -0.2) is 20.1 Å². The summed E-state index contributed by atoms with van der Waals surface area (Å²) in [6.45, 7) is 1.92. The maximum absolute atomic E-state index is 8.96. The molecular weight excluding hydrogens is 166 g/mol. The zero-order valence-corrected chi connectivity index (χ0v) is 7.18. The Kier molecular flexibility index (Phi) is 1.73. The molecule has 0 radical (unpaired) electrons. The number of aromatic nitrogens is 3. The van der Waals surface area contributed by atoms with Crippen molar-refractivity contribution in [1.29, 1.82) is 0 Å². The molecule has 0 atom stereocenters. The summed E-state index contributed by atoms with van der Waals surface area (Å²) < 4.78 is 0. The van der Waals surface area contributed by atoms with Crippen LogP contribution in [0.2, 0.25) is 0 Å². The molecular formula is C9H9N3O. The van der Waals surface area contributed by atoms with Crippen LogP contribution in [0.15, 0.2) is 30.5 Å². The maximum atomic E-state index is 8.96. The van der Waals surface area contributed by atoms with E-state index in [4.69, 9.17) is 5.21 Å². The van der Waals surface area contributed by atoms with Crippen LogP contribution in [-0.2, 0) is 0 Å². The highest BCUT2D eigenvalue weighted by Crippen LogP contribution is 2.13. The fourth-order valence-corrected chi connectivity index (χ4v) is 1.14. The van der Waals surface area contributed by atoms with Crippen LogP contribution in [0.5, 0.6) is 0 Å². The standard InChI is InChI=1S/C9H9N3O/c1-7-3-2-4-8(10-7)9-5-6-12(13)11-9/h2-6,13H,1H3. The van der Waals surface area contributed by atoms with Gasteiger partial charge in [-0.25, -0.2) is 0 Å². The van der Waals surface area contributed by atoms with E-state index in [2.05, 4.69) is 10.1 Å². The van der Waals surface area contributed by atoms with Crippen LogP contribution >= 0.6 is 0 Å². The zero-order valence-electron chi connectivity index (χ0n) is 7.18. The van der Waals surface area contributed by atoms with Crippen molar-refractivity contribution in [3.05, 3.63) is 36.2 Å². The highest BCUT2D eigenvalue weighted by Gasteiger charge is 2.02. The molecule has 66 valence electrons. The van der Waals surface area contributed by atoms with Crippen LogP contribution in [0.25, 0.3) is 11.4 Å². The van der Waals surface area contributed by atoms with Crippen LogP contribution < -0.4 is 0 Å². The van der Waals surface area contributed by atoms with Gasteiger partial charge < -0.3 is 5.21 Å². The number of pyridine rings is 1. The topological polar surface area (TPSA) is 50.9 Å². The first-order valence-corrected chi connectivity index (χ1v) is 3.95. The molecule has 0 aliphatic rings. The third-order valence-electron chi connectivity index (χ3n) is 1.73. The molecule has 0 aliphatic carbocycles. The molecule has 0 fully saturated rings. The minimum absolute atomic E-state index is 0.672. The molecule has 0 aliphatic heterocycles. The molecule has 2 aromatic heterocycles. The number of hydrogen-bond donors (Lipinski definition) is 1. The van der Waals surface area contributed by atoms with E-state index in [0.29, 0.717) is 5.69 Å². The lowest BCUT2D eigenvalue weighted by molar-refractivity contribution is 0.149. The molecule has 0 bridgehead atoms. The summed E-state index contributed by atoms with van der Waals surface area (Å²) in [5.41, 5.74) is 2.38. The first-order chi connectivity index (χ1) is 6.25. The van der Waals surface area contributed by atoms with E-state index in [1.54, 1.807) is 6.07 Å². The van der Waals surface area contributed by atoms with Gasteiger partial charge in [0.2, 0.25) is 0 Å². The molecule has 4 nitrogen and oxygen atoms in total. The number of aryl methyl sites for hydroxylation is 1. The summed E-state index contributed by atoms with van der Waals surface area (Å²) in [7, 11) is 0. The molecule has 0 aromatic carbocycles. The van der Waals surface area contributed by atoms with E-state index < -0.39 is 0 Å². The van der Waals surface area contributed by atoms with Crippen molar-refractivity contribution in [1.82, 2.24) is 14.9 Å². The summed E-state index contributed by atoms with van der Waals surface area (Å²) in [6.07, 6.45) is 1.47. The molecule has 0 saturated heterocycles. The molecule has 2 aromatic rings. The molecule has 4 heteroatoms. The summed E-state index contributed by atoms with van der Waals surface area (Å²) >= 11 is 0. The largest absolute Gasteiger partial charge is 0.412 e. The van der Waals surface area contributed by atoms with Crippen molar-refractivity contribution >= 4 is 0 Å². The van der Waals surface area contributed by atoms with Gasteiger partial charge in [0.05, 0.1) is 11.9 Å². The van der Waals surface area contributed by atoms with E-state index in [1.807, 2.05) is 25.1 Å². The van der Waals surface area contributed by atoms with E-state index in [-0.39, 0.29) is 0 Å². The van der Waals surface area contributed by atoms with Crippen molar-refractivity contribution in [3.63, 3.8) is 0 Å². The lowest BCUT2D eigenvalue weighted by Gasteiger charge is -1.96. The molecule has 13 heavy (non-hydrogen) atoms. The predicted molar refractivity (Wildman–Crippen MR) is 47.4 cm³/mol. The number of hydrogen-bond acceptors (Lipinski definition) is 3. The second-order valence-electron chi connectivity index (χ2n) is 2.79. The third-order valence-corrected chi connectivity index (χ3v) is 1.73. The monoisotopic (exact) mass is 175 g/mol. The van der Waals surface area contributed by atoms with Gasteiger partial charge in [-0.2, -0.15) is 0 Å². The Balaban J connectivity index is 2.46. The van der Waals surface area contributed by atoms with E-state index in [9.17, 15) is 0 Å². The van der Waals surface area contributed by atoms with E-state index in [0.717, 1.165) is 16.2 Å². The average molecular weight is 175 g/mol. The van der Waals surface area contributed by atoms with Crippen LogP contribution in [0, 0.1) is 6.92 Å². The molecule has 0 unspecified atom stereocenters. The Bertz CT molecular complexity index is 422. The van der Waals surface area contributed by atoms with E-state index in [1.165, 1.54) is 6.20 Å². The lowest BCUT2D eigenvalue weighted by Crippen LogP contribution is -1.91. The van der Waals surface area contributed by atoms with Crippen molar-refractivity contribution < 1.29 is 5.21 Å². The number of rotatable bonds is 1. The van der Waals surface area contributed by atoms with Crippen LogP contribution in [0.4, 0.5) is 0 Å². The Hall–Kier alpha value is -1.84. The quantitative estimate of drug-likeness (QED) is 0.668. The molecule has 0 saturated carbocycles. The van der Waals surface area contributed by atoms with Crippen molar-refractivity contribution in [2.24, 2.45) is 0 Å². The molecule has 2 rings (SSSR count). The molecule has 2 heterocycles. The fourth-order valence-electron chi connectivity index (χ4n) is 1.14. The van der Waals surface area contributed by atoms with Crippen molar-refractivity contribution in [3.8, 4) is 11.4 Å². The first-order valence-electron chi connectivity index (χ1n) is 3.95. The highest BCUT2D eigenvalue weighted by molar-refractivity contribution is 5.53. The Labute approximate surface area is 75.4 Å². The van der Waals surface area contributed by atoms with E-state index >= 15 is 0 Å². The summed E-state index contributed by atoms with van der Waals surface area (Å²) in [5, 5.41) is 12.8. The van der Waals surface area contributed by atoms with Crippen LogP contribution in [0.1, 0.15) is 5.69 Å². The van der Waals surface area contributed by atoms with Gasteiger partial charge in [0.1, 0.15) is 5.69 Å². The summed E-state index contributed by atoms with van der Waals surface area (Å²) in [6, 6.07) is 7.39. The van der Waals surface area contributed by atoms with Gasteiger partial charge >= 0.3 is 0 Å². The second-order valence-corrected chi connectivity index (χ2v) is 2.79. The van der Waals surface area contributed by atoms with Crippen molar-refractivity contribution in [2.75, 3.05) is 0 Å².